The molecule has 72 valence electrons. The largest absolute Gasteiger partial charge is 0.326 e. The summed E-state index contributed by atoms with van der Waals surface area (Å²) in [5.41, 5.74) is 0. The maximum Gasteiger partial charge on any atom is 0.326 e. The van der Waals surface area contributed by atoms with Crippen LogP contribution in [0.1, 0.15) is 13.3 Å². The van der Waals surface area contributed by atoms with Crippen LogP contribution >= 0.6 is 0 Å². The molecule has 1 saturated heterocycles. The molecule has 13 heavy (non-hydrogen) atoms. The van der Waals surface area contributed by atoms with E-state index in [9.17, 15) is 14.4 Å². The fraction of sp³-hybridized carbons (Fsp3) is 0.625. The first-order valence-electron chi connectivity index (χ1n) is 4.07. The van der Waals surface area contributed by atoms with Crippen molar-refractivity contribution in [3.05, 3.63) is 0 Å². The average Bonchev–Trinajstić information content (AvgIpc) is 2.29. The number of hydrogen-bond acceptors (Lipinski definition) is 3. The van der Waals surface area contributed by atoms with Crippen molar-refractivity contribution in [2.75, 3.05) is 20.1 Å². The molecular weight excluding hydrogens is 172 g/mol. The van der Waals surface area contributed by atoms with Crippen LogP contribution in [0.15, 0.2) is 0 Å². The van der Waals surface area contributed by atoms with Crippen molar-refractivity contribution in [3.8, 4) is 0 Å². The van der Waals surface area contributed by atoms with Crippen molar-refractivity contribution in [2.24, 2.45) is 0 Å². The van der Waals surface area contributed by atoms with Crippen molar-refractivity contribution < 1.29 is 14.4 Å². The summed E-state index contributed by atoms with van der Waals surface area (Å²) in [5, 5.41) is 0. The van der Waals surface area contributed by atoms with Gasteiger partial charge in [-0.3, -0.25) is 14.5 Å². The summed E-state index contributed by atoms with van der Waals surface area (Å²) in [6.45, 7) is 1.90. The minimum absolute atomic E-state index is 0.0230. The Morgan fingerprint density at radius 3 is 2.46 bits per heavy atom. The highest BCUT2D eigenvalue weighted by molar-refractivity contribution is 6.01. The number of urea groups is 1. The Morgan fingerprint density at radius 2 is 2.08 bits per heavy atom. The first kappa shape index (κ1) is 9.70. The molecule has 0 radical (unpaired) electrons. The number of Topliss-reactive ketones (excluding diaryl/α,β-unsaturated/α-hetero) is 1. The van der Waals surface area contributed by atoms with Crippen molar-refractivity contribution in [1.29, 1.82) is 0 Å². The minimum Gasteiger partial charge on any atom is -0.315 e. The maximum absolute atomic E-state index is 11.2. The molecule has 0 atom stereocenters. The summed E-state index contributed by atoms with van der Waals surface area (Å²) in [6.07, 6.45) is 0.312. The number of imide groups is 1. The molecule has 0 aromatic rings. The summed E-state index contributed by atoms with van der Waals surface area (Å²) in [4.78, 5) is 35.3. The zero-order chi connectivity index (χ0) is 10.0. The third-order valence-corrected chi connectivity index (χ3v) is 1.99. The summed E-state index contributed by atoms with van der Waals surface area (Å²) in [6, 6.07) is -0.314. The van der Waals surface area contributed by atoms with Crippen LogP contribution in [0.5, 0.6) is 0 Å². The summed E-state index contributed by atoms with van der Waals surface area (Å²) in [5.74, 6) is -0.191. The van der Waals surface area contributed by atoms with Gasteiger partial charge in [0.15, 0.2) is 0 Å². The molecule has 5 heteroatoms. The number of hydrogen-bond donors (Lipinski definition) is 0. The highest BCUT2D eigenvalue weighted by Gasteiger charge is 2.32. The predicted octanol–water partition coefficient (Wildman–Crippen LogP) is -0.141. The third-order valence-electron chi connectivity index (χ3n) is 1.99. The van der Waals surface area contributed by atoms with Gasteiger partial charge in [-0.15, -0.1) is 0 Å². The molecule has 0 bridgehead atoms. The Balaban J connectivity index is 2.49. The van der Waals surface area contributed by atoms with E-state index in [4.69, 9.17) is 0 Å². The Bertz CT molecular complexity index is 262. The molecule has 0 aromatic heterocycles. The van der Waals surface area contributed by atoms with Gasteiger partial charge in [0.2, 0.25) is 5.91 Å². The van der Waals surface area contributed by atoms with E-state index in [0.717, 1.165) is 4.90 Å². The van der Waals surface area contributed by atoms with Crippen molar-refractivity contribution in [1.82, 2.24) is 9.80 Å². The number of ketones is 1. The lowest BCUT2D eigenvalue weighted by Gasteiger charge is -2.12. The number of nitrogens with zero attached hydrogens (tertiary/aromatic N) is 2. The smallest absolute Gasteiger partial charge is 0.315 e. The highest BCUT2D eigenvalue weighted by Crippen LogP contribution is 2.07. The van der Waals surface area contributed by atoms with Crippen LogP contribution in [0.25, 0.3) is 0 Å². The lowest BCUT2D eigenvalue weighted by atomic mass is 10.3. The molecule has 1 fully saturated rings. The van der Waals surface area contributed by atoms with Gasteiger partial charge in [-0.05, 0) is 6.92 Å². The van der Waals surface area contributed by atoms with E-state index in [2.05, 4.69) is 0 Å². The van der Waals surface area contributed by atoms with Gasteiger partial charge >= 0.3 is 6.03 Å². The molecule has 3 amide bonds. The summed E-state index contributed by atoms with van der Waals surface area (Å²) in [7, 11) is 1.44. The molecule has 0 unspecified atom stereocenters. The van der Waals surface area contributed by atoms with Crippen LogP contribution < -0.4 is 0 Å². The van der Waals surface area contributed by atoms with E-state index < -0.39 is 0 Å². The zero-order valence-electron chi connectivity index (χ0n) is 7.74. The zero-order valence-corrected chi connectivity index (χ0v) is 7.74. The third kappa shape index (κ3) is 2.05. The van der Waals surface area contributed by atoms with Crippen LogP contribution in [0.4, 0.5) is 4.79 Å². The summed E-state index contributed by atoms with van der Waals surface area (Å²) < 4.78 is 0. The van der Waals surface area contributed by atoms with E-state index in [0.29, 0.717) is 13.0 Å². The second-order valence-electron chi connectivity index (χ2n) is 3.11. The number of carbonyl (C=O) groups excluding carboxylic acids is 3. The second-order valence-corrected chi connectivity index (χ2v) is 3.11. The Hall–Kier alpha value is -1.39. The molecule has 0 saturated carbocycles. The molecule has 1 heterocycles. The van der Waals surface area contributed by atoms with Gasteiger partial charge in [0.05, 0.1) is 0 Å². The molecule has 0 spiro atoms. The first-order valence-corrected chi connectivity index (χ1v) is 4.07. The second kappa shape index (κ2) is 3.55. The monoisotopic (exact) mass is 184 g/mol. The summed E-state index contributed by atoms with van der Waals surface area (Å²) >= 11 is 0. The van der Waals surface area contributed by atoms with Gasteiger partial charge in [-0.2, -0.15) is 0 Å². The predicted molar refractivity (Wildman–Crippen MR) is 45.0 cm³/mol. The maximum atomic E-state index is 11.2. The Kier molecular flexibility index (Phi) is 2.65. The van der Waals surface area contributed by atoms with Crippen molar-refractivity contribution in [3.63, 3.8) is 0 Å². The molecular formula is C8H12N2O3. The van der Waals surface area contributed by atoms with Gasteiger partial charge in [0, 0.05) is 20.0 Å². The number of rotatable bonds is 3. The van der Waals surface area contributed by atoms with Gasteiger partial charge in [-0.25, -0.2) is 4.79 Å². The van der Waals surface area contributed by atoms with Crippen LogP contribution in [0.3, 0.4) is 0 Å². The van der Waals surface area contributed by atoms with Gasteiger partial charge < -0.3 is 4.90 Å². The van der Waals surface area contributed by atoms with Gasteiger partial charge in [0.1, 0.15) is 12.3 Å². The molecule has 0 aromatic carbocycles. The number of amides is 3. The van der Waals surface area contributed by atoms with Gasteiger partial charge in [0.25, 0.3) is 0 Å². The average molecular weight is 184 g/mol. The standard InChI is InChI=1S/C8H12N2O3/c1-6(11)3-4-10-5-7(12)9(2)8(10)13/h3-5H2,1-2H3. The van der Waals surface area contributed by atoms with Gasteiger partial charge in [-0.1, -0.05) is 0 Å². The van der Waals surface area contributed by atoms with E-state index in [1.807, 2.05) is 0 Å². The van der Waals surface area contributed by atoms with Crippen molar-refractivity contribution >= 4 is 17.7 Å². The Labute approximate surface area is 76.3 Å². The first-order chi connectivity index (χ1) is 6.02. The molecule has 1 aliphatic heterocycles. The minimum atomic E-state index is -0.314. The molecule has 5 nitrogen and oxygen atoms in total. The van der Waals surface area contributed by atoms with Crippen LogP contribution in [0, 0.1) is 0 Å². The molecule has 0 N–H and O–H groups in total. The fourth-order valence-corrected chi connectivity index (χ4v) is 1.12. The van der Waals surface area contributed by atoms with Crippen molar-refractivity contribution in [2.45, 2.75) is 13.3 Å². The lowest BCUT2D eigenvalue weighted by molar-refractivity contribution is -0.124. The number of likely N-dealkylation sites (N-methyl/N-ethyl adjacent to an activating group) is 1. The highest BCUT2D eigenvalue weighted by atomic mass is 16.2. The molecule has 0 aliphatic carbocycles. The lowest BCUT2D eigenvalue weighted by Crippen LogP contribution is -2.31. The Morgan fingerprint density at radius 1 is 1.46 bits per heavy atom. The SMILES string of the molecule is CC(=O)CCN1CC(=O)N(C)C1=O. The normalized spacial score (nSPS) is 17.1. The molecule has 1 aliphatic rings. The van der Waals surface area contributed by atoms with E-state index in [1.54, 1.807) is 0 Å². The van der Waals surface area contributed by atoms with E-state index >= 15 is 0 Å². The van der Waals surface area contributed by atoms with Crippen LogP contribution in [-0.2, 0) is 9.59 Å². The quantitative estimate of drug-likeness (QED) is 0.573. The topological polar surface area (TPSA) is 57.7 Å². The fourth-order valence-electron chi connectivity index (χ4n) is 1.12. The molecule has 1 rings (SSSR count). The van der Waals surface area contributed by atoms with E-state index in [-0.39, 0.29) is 24.3 Å². The number of carbonyl (C=O) groups is 3. The van der Waals surface area contributed by atoms with Crippen LogP contribution in [-0.4, -0.2) is 47.7 Å². The van der Waals surface area contributed by atoms with E-state index in [1.165, 1.54) is 18.9 Å². The van der Waals surface area contributed by atoms with Crippen LogP contribution in [0.2, 0.25) is 0 Å².